The van der Waals surface area contributed by atoms with Crippen LogP contribution in [0.25, 0.3) is 11.1 Å². The van der Waals surface area contributed by atoms with E-state index in [1.807, 2.05) is 24.3 Å². The highest BCUT2D eigenvalue weighted by Crippen LogP contribution is 2.44. The van der Waals surface area contributed by atoms with Crippen molar-refractivity contribution in [1.82, 2.24) is 10.6 Å². The van der Waals surface area contributed by atoms with E-state index in [4.69, 9.17) is 9.84 Å². The number of carboxylic acid groups (broad SMARTS) is 1. The lowest BCUT2D eigenvalue weighted by atomic mass is 9.94. The minimum atomic E-state index is -1.29. The van der Waals surface area contributed by atoms with Gasteiger partial charge in [0.05, 0.1) is 0 Å². The van der Waals surface area contributed by atoms with Crippen molar-refractivity contribution in [2.24, 2.45) is 5.92 Å². The molecule has 0 radical (unpaired) electrons. The summed E-state index contributed by atoms with van der Waals surface area (Å²) in [6.07, 6.45) is 3.09. The highest BCUT2D eigenvalue weighted by atomic mass is 16.5. The van der Waals surface area contributed by atoms with Crippen molar-refractivity contribution in [3.8, 4) is 11.1 Å². The third-order valence-corrected chi connectivity index (χ3v) is 6.63. The number of benzene rings is 2. The normalized spacial score (nSPS) is 13.5. The van der Waals surface area contributed by atoms with Gasteiger partial charge in [-0.25, -0.2) is 9.59 Å². The van der Waals surface area contributed by atoms with Crippen LogP contribution < -0.4 is 10.6 Å². The molecule has 7 heteroatoms. The van der Waals surface area contributed by atoms with Crippen LogP contribution in [0, 0.1) is 5.92 Å². The quantitative estimate of drug-likeness (QED) is 0.392. The van der Waals surface area contributed by atoms with E-state index >= 15 is 0 Å². The van der Waals surface area contributed by atoms with Crippen molar-refractivity contribution in [3.05, 3.63) is 59.7 Å². The Morgan fingerprint density at radius 3 is 2.14 bits per heavy atom. The molecule has 0 saturated carbocycles. The summed E-state index contributed by atoms with van der Waals surface area (Å²) < 4.78 is 5.59. The molecule has 2 aromatic rings. The molecule has 1 aliphatic rings. The molecular formula is C28H36N2O5. The summed E-state index contributed by atoms with van der Waals surface area (Å²) in [6, 6.07) is 16.4. The highest BCUT2D eigenvalue weighted by Gasteiger charge is 2.30. The Balaban J connectivity index is 1.44. The van der Waals surface area contributed by atoms with Crippen molar-refractivity contribution >= 4 is 18.0 Å². The maximum Gasteiger partial charge on any atom is 0.407 e. The number of amides is 2. The number of hydrogen-bond acceptors (Lipinski definition) is 4. The minimum absolute atomic E-state index is 0.0227. The molecule has 188 valence electrons. The number of alkyl carbamates (subject to hydrolysis) is 1. The molecule has 3 rings (SSSR count). The van der Waals surface area contributed by atoms with Crippen LogP contribution in [-0.2, 0) is 14.3 Å². The lowest BCUT2D eigenvalue weighted by molar-refractivity contribution is -0.146. The molecule has 1 unspecified atom stereocenters. The molecule has 0 aromatic heterocycles. The number of carbonyl (C=O) groups is 3. The molecule has 0 bridgehead atoms. The third kappa shape index (κ3) is 6.84. The van der Waals surface area contributed by atoms with Crippen molar-refractivity contribution in [3.63, 3.8) is 0 Å². The molecule has 0 spiro atoms. The zero-order valence-corrected chi connectivity index (χ0v) is 20.8. The van der Waals surface area contributed by atoms with Crippen LogP contribution in [0.15, 0.2) is 48.5 Å². The summed E-state index contributed by atoms with van der Waals surface area (Å²) in [4.78, 5) is 35.8. The van der Waals surface area contributed by atoms with Gasteiger partial charge in [0.1, 0.15) is 12.1 Å². The largest absolute Gasteiger partial charge is 0.480 e. The van der Waals surface area contributed by atoms with E-state index in [1.54, 1.807) is 0 Å². The molecule has 0 saturated heterocycles. The van der Waals surface area contributed by atoms with Crippen LogP contribution >= 0.6 is 0 Å². The van der Waals surface area contributed by atoms with Crippen LogP contribution in [0.3, 0.4) is 0 Å². The number of carboxylic acids is 1. The summed E-state index contributed by atoms with van der Waals surface area (Å²) in [5.41, 5.74) is 3.44. The van der Waals surface area contributed by atoms with E-state index in [0.29, 0.717) is 13.0 Å². The number of carbonyl (C=O) groups excluding carboxylic acids is 2. The first-order valence-corrected chi connectivity index (χ1v) is 12.4. The number of aliphatic carboxylic acids is 1. The SMILES string of the molecule is CCCC(CCNC(=O)OCC1c2ccccc2-c2ccccc21)CCC(=O)NC(C)(C)C(=O)O. The fraction of sp³-hybridized carbons (Fsp3) is 0.464. The highest BCUT2D eigenvalue weighted by molar-refractivity contribution is 5.86. The third-order valence-electron chi connectivity index (χ3n) is 6.63. The average Bonchev–Trinajstić information content (AvgIpc) is 3.14. The first-order valence-electron chi connectivity index (χ1n) is 12.4. The number of fused-ring (bicyclic) bond motifs is 3. The summed E-state index contributed by atoms with van der Waals surface area (Å²) in [5, 5.41) is 14.6. The number of hydrogen-bond donors (Lipinski definition) is 3. The Labute approximate surface area is 207 Å². The fourth-order valence-corrected chi connectivity index (χ4v) is 4.67. The number of rotatable bonds is 12. The summed E-state index contributed by atoms with van der Waals surface area (Å²) in [5.74, 6) is -1.06. The molecule has 2 amide bonds. The van der Waals surface area contributed by atoms with E-state index in [0.717, 1.165) is 19.3 Å². The van der Waals surface area contributed by atoms with Crippen LogP contribution in [0.5, 0.6) is 0 Å². The Bertz CT molecular complexity index is 1000. The van der Waals surface area contributed by atoms with Crippen LogP contribution in [0.2, 0.25) is 0 Å². The van der Waals surface area contributed by atoms with E-state index in [1.165, 1.54) is 36.1 Å². The van der Waals surface area contributed by atoms with Gasteiger partial charge in [0.25, 0.3) is 0 Å². The minimum Gasteiger partial charge on any atom is -0.480 e. The molecule has 3 N–H and O–H groups in total. The van der Waals surface area contributed by atoms with E-state index in [-0.39, 0.29) is 30.8 Å². The summed E-state index contributed by atoms with van der Waals surface area (Å²) >= 11 is 0. The van der Waals surface area contributed by atoms with Crippen molar-refractivity contribution in [1.29, 1.82) is 0 Å². The lowest BCUT2D eigenvalue weighted by Crippen LogP contribution is -2.49. The molecule has 1 aliphatic carbocycles. The second-order valence-electron chi connectivity index (χ2n) is 9.71. The maximum atomic E-state index is 12.4. The zero-order chi connectivity index (χ0) is 25.4. The average molecular weight is 481 g/mol. The molecule has 0 aliphatic heterocycles. The van der Waals surface area contributed by atoms with E-state index < -0.39 is 17.6 Å². The predicted octanol–water partition coefficient (Wildman–Crippen LogP) is 5.09. The Morgan fingerprint density at radius 1 is 0.971 bits per heavy atom. The van der Waals surface area contributed by atoms with Gasteiger partial charge >= 0.3 is 12.1 Å². The predicted molar refractivity (Wildman–Crippen MR) is 135 cm³/mol. The van der Waals surface area contributed by atoms with Gasteiger partial charge in [-0.05, 0) is 54.9 Å². The Morgan fingerprint density at radius 2 is 1.57 bits per heavy atom. The van der Waals surface area contributed by atoms with Crippen LogP contribution in [0.4, 0.5) is 4.79 Å². The lowest BCUT2D eigenvalue weighted by Gasteiger charge is -2.22. The fourth-order valence-electron chi connectivity index (χ4n) is 4.67. The van der Waals surface area contributed by atoms with Crippen molar-refractivity contribution < 1.29 is 24.2 Å². The first-order chi connectivity index (χ1) is 16.7. The van der Waals surface area contributed by atoms with Gasteiger partial charge in [0.15, 0.2) is 0 Å². The first kappa shape index (κ1) is 26.3. The molecule has 1 atom stereocenters. The van der Waals surface area contributed by atoms with Gasteiger partial charge in [0.2, 0.25) is 5.91 Å². The maximum absolute atomic E-state index is 12.4. The second kappa shape index (κ2) is 11.9. The van der Waals surface area contributed by atoms with Gasteiger partial charge < -0.3 is 20.5 Å². The summed E-state index contributed by atoms with van der Waals surface area (Å²) in [6.45, 7) is 5.76. The molecule has 2 aromatic carbocycles. The summed E-state index contributed by atoms with van der Waals surface area (Å²) in [7, 11) is 0. The topological polar surface area (TPSA) is 105 Å². The van der Waals surface area contributed by atoms with Gasteiger partial charge in [-0.1, -0.05) is 68.3 Å². The van der Waals surface area contributed by atoms with Gasteiger partial charge in [-0.15, -0.1) is 0 Å². The monoisotopic (exact) mass is 480 g/mol. The van der Waals surface area contributed by atoms with Crippen LogP contribution in [-0.4, -0.2) is 41.8 Å². The zero-order valence-electron chi connectivity index (χ0n) is 20.8. The number of nitrogens with one attached hydrogen (secondary N) is 2. The van der Waals surface area contributed by atoms with Gasteiger partial charge in [0, 0.05) is 18.9 Å². The molecule has 7 nitrogen and oxygen atoms in total. The number of ether oxygens (including phenoxy) is 1. The Kier molecular flexibility index (Phi) is 8.90. The molecule has 0 heterocycles. The van der Waals surface area contributed by atoms with Crippen LogP contribution in [0.1, 0.15) is 69.9 Å². The standard InChI is InChI=1S/C28H36N2O5/c1-4-9-19(14-15-25(31)30-28(2,3)26(32)33)16-17-29-27(34)35-18-24-22-12-7-5-10-20(22)21-11-6-8-13-23(21)24/h5-8,10-13,19,24H,4,9,14-18H2,1-3H3,(H,29,34)(H,30,31)(H,32,33). The molecule has 0 fully saturated rings. The second-order valence-corrected chi connectivity index (χ2v) is 9.71. The van der Waals surface area contributed by atoms with E-state index in [9.17, 15) is 14.4 Å². The Hall–Kier alpha value is -3.35. The van der Waals surface area contributed by atoms with Gasteiger partial charge in [-0.3, -0.25) is 4.79 Å². The van der Waals surface area contributed by atoms with Gasteiger partial charge in [-0.2, -0.15) is 0 Å². The molecular weight excluding hydrogens is 444 g/mol. The smallest absolute Gasteiger partial charge is 0.407 e. The van der Waals surface area contributed by atoms with Crippen molar-refractivity contribution in [2.75, 3.05) is 13.2 Å². The van der Waals surface area contributed by atoms with E-state index in [2.05, 4.69) is 41.8 Å². The molecule has 35 heavy (non-hydrogen) atoms. The van der Waals surface area contributed by atoms with Crippen molar-refractivity contribution in [2.45, 2.75) is 64.3 Å².